The van der Waals surface area contributed by atoms with Gasteiger partial charge in [-0.25, -0.2) is 4.57 Å². The Balaban J connectivity index is 0.00000121. The average Bonchev–Trinajstić information content (AvgIpc) is 2.07. The molecule has 0 saturated heterocycles. The summed E-state index contributed by atoms with van der Waals surface area (Å²) in [7, 11) is -0.165. The smallest absolute Gasteiger partial charge is 0.294 e. The number of hydrogen-bond donors (Lipinski definition) is 0. The highest BCUT2D eigenvalue weighted by Gasteiger charge is 2.12. The second-order valence-electron chi connectivity index (χ2n) is 3.20. The van der Waals surface area contributed by atoms with Crippen LogP contribution in [0.5, 0.6) is 0 Å². The van der Waals surface area contributed by atoms with Crippen molar-refractivity contribution in [2.75, 3.05) is 6.61 Å². The van der Waals surface area contributed by atoms with Gasteiger partial charge in [0.1, 0.15) is 0 Å². The Morgan fingerprint density at radius 3 is 2.50 bits per heavy atom. The van der Waals surface area contributed by atoms with Crippen LogP contribution < -0.4 is 0 Å². The molecule has 1 saturated carbocycles. The molecule has 0 heterocycles. The van der Waals surface area contributed by atoms with E-state index in [2.05, 4.69) is 0 Å². The fraction of sp³-hybridized carbons (Fsp3) is 1.00. The molecular formula is C8H18AlO2P. The maximum atomic E-state index is 9.92. The van der Waals surface area contributed by atoms with Gasteiger partial charge in [0, 0.05) is 0 Å². The Labute approximate surface area is 86.5 Å². The molecule has 0 aromatic heterocycles. The minimum Gasteiger partial charge on any atom is -0.294 e. The molecule has 0 atom stereocenters. The highest BCUT2D eigenvalue weighted by molar-refractivity contribution is 7.17. The van der Waals surface area contributed by atoms with Gasteiger partial charge in [-0.2, -0.15) is 0 Å². The van der Waals surface area contributed by atoms with E-state index in [9.17, 15) is 4.57 Å². The van der Waals surface area contributed by atoms with Crippen LogP contribution in [-0.2, 0) is 9.09 Å². The minimum absolute atomic E-state index is 0. The van der Waals surface area contributed by atoms with Crippen molar-refractivity contribution >= 4 is 26.0 Å². The standard InChI is InChI=1S/C8H15O2P.Al.3H/c9-11-10-7-6-8-4-2-1-3-5-8;;;;/h8H,1-7H2;;;;. The molecule has 1 fully saturated rings. The number of rotatable bonds is 4. The molecule has 0 unspecified atom stereocenters. The minimum atomic E-state index is -0.165. The molecule has 0 aromatic rings. The first-order valence-electron chi connectivity index (χ1n) is 4.38. The van der Waals surface area contributed by atoms with E-state index in [-0.39, 0.29) is 26.0 Å². The van der Waals surface area contributed by atoms with Gasteiger partial charge in [-0.3, -0.25) is 4.52 Å². The Morgan fingerprint density at radius 2 is 1.92 bits per heavy atom. The van der Waals surface area contributed by atoms with Crippen LogP contribution in [0.15, 0.2) is 0 Å². The highest BCUT2D eigenvalue weighted by Crippen LogP contribution is 2.26. The lowest BCUT2D eigenvalue weighted by Gasteiger charge is -2.20. The fourth-order valence-electron chi connectivity index (χ4n) is 1.73. The maximum Gasteiger partial charge on any atom is 0.327 e. The third-order valence-corrected chi connectivity index (χ3v) is 2.68. The second kappa shape index (κ2) is 8.20. The lowest BCUT2D eigenvalue weighted by molar-refractivity contribution is 0.260. The van der Waals surface area contributed by atoms with E-state index >= 15 is 0 Å². The van der Waals surface area contributed by atoms with E-state index in [4.69, 9.17) is 4.52 Å². The van der Waals surface area contributed by atoms with Crippen molar-refractivity contribution < 1.29 is 9.09 Å². The summed E-state index contributed by atoms with van der Waals surface area (Å²) in [6, 6.07) is 0. The van der Waals surface area contributed by atoms with Crippen LogP contribution in [-0.4, -0.2) is 24.0 Å². The summed E-state index contributed by atoms with van der Waals surface area (Å²) in [6.07, 6.45) is 7.93. The SMILES string of the molecule is O=POCCC1CCCCC1.[AlH3]. The Bertz CT molecular complexity index is 116. The van der Waals surface area contributed by atoms with Gasteiger partial charge >= 0.3 is 8.69 Å². The Morgan fingerprint density at radius 1 is 1.25 bits per heavy atom. The van der Waals surface area contributed by atoms with Gasteiger partial charge < -0.3 is 0 Å². The van der Waals surface area contributed by atoms with Crippen molar-refractivity contribution in [2.45, 2.75) is 38.5 Å². The summed E-state index contributed by atoms with van der Waals surface area (Å²) in [5.41, 5.74) is 0. The van der Waals surface area contributed by atoms with E-state index in [0.717, 1.165) is 12.3 Å². The van der Waals surface area contributed by atoms with E-state index in [1.54, 1.807) is 0 Å². The molecule has 0 N–H and O–H groups in total. The topological polar surface area (TPSA) is 26.3 Å². The van der Waals surface area contributed by atoms with Gasteiger partial charge in [0.2, 0.25) is 0 Å². The van der Waals surface area contributed by atoms with Crippen LogP contribution in [0.2, 0.25) is 0 Å². The molecule has 0 aliphatic heterocycles. The molecule has 12 heavy (non-hydrogen) atoms. The normalized spacial score (nSPS) is 19.0. The van der Waals surface area contributed by atoms with Crippen molar-refractivity contribution in [3.8, 4) is 0 Å². The van der Waals surface area contributed by atoms with Gasteiger partial charge in [-0.1, -0.05) is 32.1 Å². The van der Waals surface area contributed by atoms with Crippen LogP contribution in [0.4, 0.5) is 0 Å². The van der Waals surface area contributed by atoms with Gasteiger partial charge in [-0.05, 0) is 12.3 Å². The predicted molar refractivity (Wildman–Crippen MR) is 54.7 cm³/mol. The zero-order valence-electron chi connectivity index (χ0n) is 6.79. The van der Waals surface area contributed by atoms with Gasteiger partial charge in [-0.15, -0.1) is 0 Å². The first-order valence-corrected chi connectivity index (χ1v) is 5.11. The van der Waals surface area contributed by atoms with E-state index in [1.807, 2.05) is 0 Å². The van der Waals surface area contributed by atoms with Gasteiger partial charge in [0.05, 0.1) is 6.61 Å². The maximum absolute atomic E-state index is 9.92. The number of hydrogen-bond acceptors (Lipinski definition) is 2. The van der Waals surface area contributed by atoms with Crippen molar-refractivity contribution in [1.82, 2.24) is 0 Å². The van der Waals surface area contributed by atoms with Crippen molar-refractivity contribution in [2.24, 2.45) is 5.92 Å². The highest BCUT2D eigenvalue weighted by atomic mass is 31.1. The van der Waals surface area contributed by atoms with E-state index < -0.39 is 0 Å². The molecule has 1 aliphatic rings. The summed E-state index contributed by atoms with van der Waals surface area (Å²) in [5, 5.41) is 0. The first-order chi connectivity index (χ1) is 5.43. The molecular weight excluding hydrogens is 186 g/mol. The van der Waals surface area contributed by atoms with Crippen LogP contribution in [0.25, 0.3) is 0 Å². The van der Waals surface area contributed by atoms with Crippen LogP contribution >= 0.6 is 8.69 Å². The third-order valence-electron chi connectivity index (χ3n) is 2.39. The quantitative estimate of drug-likeness (QED) is 0.397. The molecule has 4 heteroatoms. The zero-order chi connectivity index (χ0) is 7.94. The molecule has 0 radical (unpaired) electrons. The molecule has 1 aliphatic carbocycles. The summed E-state index contributed by atoms with van der Waals surface area (Å²) < 4.78 is 14.7. The zero-order valence-corrected chi connectivity index (χ0v) is 7.69. The van der Waals surface area contributed by atoms with Crippen LogP contribution in [0.3, 0.4) is 0 Å². The molecule has 2 nitrogen and oxygen atoms in total. The average molecular weight is 204 g/mol. The van der Waals surface area contributed by atoms with Crippen LogP contribution in [0, 0.1) is 5.92 Å². The molecule has 0 bridgehead atoms. The molecule has 1 rings (SSSR count). The summed E-state index contributed by atoms with van der Waals surface area (Å²) >= 11 is 0. The largest absolute Gasteiger partial charge is 0.327 e. The second-order valence-corrected chi connectivity index (χ2v) is 3.61. The first kappa shape index (κ1) is 12.6. The molecule has 70 valence electrons. The third kappa shape index (κ3) is 5.28. The van der Waals surface area contributed by atoms with Crippen molar-refractivity contribution in [1.29, 1.82) is 0 Å². The molecule has 0 aromatic carbocycles. The van der Waals surface area contributed by atoms with Gasteiger partial charge in [0.15, 0.2) is 17.4 Å². The Kier molecular flexibility index (Phi) is 8.61. The summed E-state index contributed by atoms with van der Waals surface area (Å²) in [4.78, 5) is 0. The Hall–Kier alpha value is 0.592. The van der Waals surface area contributed by atoms with Crippen LogP contribution in [0.1, 0.15) is 38.5 Å². The van der Waals surface area contributed by atoms with Crippen molar-refractivity contribution in [3.05, 3.63) is 0 Å². The lowest BCUT2D eigenvalue weighted by atomic mass is 9.87. The predicted octanol–water partition coefficient (Wildman–Crippen LogP) is 2.00. The summed E-state index contributed by atoms with van der Waals surface area (Å²) in [6.45, 7) is 0.662. The van der Waals surface area contributed by atoms with Gasteiger partial charge in [0.25, 0.3) is 0 Å². The molecule has 0 spiro atoms. The van der Waals surface area contributed by atoms with E-state index in [1.165, 1.54) is 32.1 Å². The fourth-order valence-corrected chi connectivity index (χ4v) is 1.91. The summed E-state index contributed by atoms with van der Waals surface area (Å²) in [5.74, 6) is 0.838. The monoisotopic (exact) mass is 204 g/mol. The van der Waals surface area contributed by atoms with E-state index in [0.29, 0.717) is 6.61 Å². The molecule has 0 amide bonds. The van der Waals surface area contributed by atoms with Crippen molar-refractivity contribution in [3.63, 3.8) is 0 Å². The lowest BCUT2D eigenvalue weighted by Crippen LogP contribution is -2.07.